The molecule has 0 bridgehead atoms. The van der Waals surface area contributed by atoms with E-state index in [4.69, 9.17) is 0 Å². The SMILES string of the molecule is CCCNc1nnc(C(=O)N(CC)CCCN(C)C)s1. The van der Waals surface area contributed by atoms with Gasteiger partial charge in [0.2, 0.25) is 10.1 Å². The third-order valence-electron chi connectivity index (χ3n) is 2.84. The van der Waals surface area contributed by atoms with E-state index >= 15 is 0 Å². The maximum atomic E-state index is 12.3. The van der Waals surface area contributed by atoms with Gasteiger partial charge in [-0.15, -0.1) is 10.2 Å². The van der Waals surface area contributed by atoms with Crippen molar-refractivity contribution in [2.24, 2.45) is 0 Å². The van der Waals surface area contributed by atoms with Gasteiger partial charge in [0.1, 0.15) is 0 Å². The van der Waals surface area contributed by atoms with E-state index in [9.17, 15) is 4.79 Å². The highest BCUT2D eigenvalue weighted by Crippen LogP contribution is 2.17. The zero-order chi connectivity index (χ0) is 15.0. The van der Waals surface area contributed by atoms with Gasteiger partial charge in [-0.25, -0.2) is 0 Å². The number of carbonyl (C=O) groups excluding carboxylic acids is 1. The summed E-state index contributed by atoms with van der Waals surface area (Å²) >= 11 is 1.33. The van der Waals surface area contributed by atoms with Crippen molar-refractivity contribution in [3.05, 3.63) is 5.01 Å². The maximum Gasteiger partial charge on any atom is 0.284 e. The molecule has 0 atom stereocenters. The molecule has 1 amide bonds. The van der Waals surface area contributed by atoms with Gasteiger partial charge in [0.05, 0.1) is 0 Å². The minimum absolute atomic E-state index is 0.0201. The molecule has 0 aromatic carbocycles. The van der Waals surface area contributed by atoms with Gasteiger partial charge in [0.25, 0.3) is 5.91 Å². The first-order chi connectivity index (χ1) is 9.58. The fraction of sp³-hybridized carbons (Fsp3) is 0.769. The Morgan fingerprint density at radius 2 is 2.00 bits per heavy atom. The van der Waals surface area contributed by atoms with Crippen molar-refractivity contribution in [1.82, 2.24) is 20.0 Å². The molecule has 0 aliphatic carbocycles. The van der Waals surface area contributed by atoms with Crippen LogP contribution in [0, 0.1) is 0 Å². The van der Waals surface area contributed by atoms with Gasteiger partial charge >= 0.3 is 0 Å². The normalized spacial score (nSPS) is 10.8. The average molecular weight is 299 g/mol. The standard InChI is InChI=1S/C13H25N5OS/c1-5-8-14-13-16-15-11(20-13)12(19)18(6-2)10-7-9-17(3)4/h5-10H2,1-4H3,(H,14,16). The van der Waals surface area contributed by atoms with Crippen LogP contribution in [-0.4, -0.2) is 66.2 Å². The van der Waals surface area contributed by atoms with Crippen LogP contribution in [-0.2, 0) is 0 Å². The van der Waals surface area contributed by atoms with Crippen LogP contribution < -0.4 is 5.32 Å². The van der Waals surface area contributed by atoms with Crippen molar-refractivity contribution >= 4 is 22.4 Å². The second-order valence-corrected chi connectivity index (χ2v) is 5.86. The van der Waals surface area contributed by atoms with Crippen LogP contribution in [0.2, 0.25) is 0 Å². The number of rotatable bonds is 9. The summed E-state index contributed by atoms with van der Waals surface area (Å²) in [5, 5.41) is 12.3. The molecular formula is C13H25N5OS. The molecular weight excluding hydrogens is 274 g/mol. The number of nitrogens with one attached hydrogen (secondary N) is 1. The molecule has 0 radical (unpaired) electrons. The Balaban J connectivity index is 2.54. The smallest absolute Gasteiger partial charge is 0.284 e. The van der Waals surface area contributed by atoms with Gasteiger partial charge in [-0.2, -0.15) is 0 Å². The summed E-state index contributed by atoms with van der Waals surface area (Å²) in [5.74, 6) is -0.0201. The quantitative estimate of drug-likeness (QED) is 0.753. The van der Waals surface area contributed by atoms with E-state index in [1.165, 1.54) is 11.3 Å². The number of nitrogens with zero attached hydrogens (tertiary/aromatic N) is 4. The summed E-state index contributed by atoms with van der Waals surface area (Å²) in [6.07, 6.45) is 1.99. The Kier molecular flexibility index (Phi) is 7.46. The van der Waals surface area contributed by atoms with Crippen LogP contribution in [0.25, 0.3) is 0 Å². The number of aromatic nitrogens is 2. The molecule has 0 spiro atoms. The summed E-state index contributed by atoms with van der Waals surface area (Å²) in [6, 6.07) is 0. The van der Waals surface area contributed by atoms with Gasteiger partial charge in [-0.05, 0) is 40.4 Å². The maximum absolute atomic E-state index is 12.3. The van der Waals surface area contributed by atoms with Crippen molar-refractivity contribution in [2.45, 2.75) is 26.7 Å². The minimum atomic E-state index is -0.0201. The number of anilines is 1. The Labute approximate surface area is 125 Å². The molecule has 20 heavy (non-hydrogen) atoms. The molecule has 0 unspecified atom stereocenters. The van der Waals surface area contributed by atoms with Gasteiger partial charge in [-0.1, -0.05) is 18.3 Å². The van der Waals surface area contributed by atoms with Crippen molar-refractivity contribution in [1.29, 1.82) is 0 Å². The molecule has 1 heterocycles. The molecule has 0 aliphatic rings. The summed E-state index contributed by atoms with van der Waals surface area (Å²) in [7, 11) is 4.07. The lowest BCUT2D eigenvalue weighted by Gasteiger charge is -2.20. The molecule has 1 aromatic rings. The van der Waals surface area contributed by atoms with Gasteiger partial charge in [-0.3, -0.25) is 4.79 Å². The molecule has 7 heteroatoms. The number of amides is 1. The zero-order valence-electron chi connectivity index (χ0n) is 12.8. The lowest BCUT2D eigenvalue weighted by molar-refractivity contribution is 0.0758. The largest absolute Gasteiger partial charge is 0.360 e. The van der Waals surface area contributed by atoms with E-state index in [1.807, 2.05) is 25.9 Å². The average Bonchev–Trinajstić information content (AvgIpc) is 2.89. The van der Waals surface area contributed by atoms with Crippen LogP contribution >= 0.6 is 11.3 Å². The van der Waals surface area contributed by atoms with Crippen molar-refractivity contribution in [3.8, 4) is 0 Å². The van der Waals surface area contributed by atoms with Gasteiger partial charge < -0.3 is 15.1 Å². The summed E-state index contributed by atoms with van der Waals surface area (Å²) in [5.41, 5.74) is 0. The fourth-order valence-corrected chi connectivity index (χ4v) is 2.47. The van der Waals surface area contributed by atoms with E-state index < -0.39 is 0 Å². The van der Waals surface area contributed by atoms with Crippen molar-refractivity contribution in [2.75, 3.05) is 45.6 Å². The molecule has 0 saturated carbocycles. The Morgan fingerprint density at radius 1 is 1.25 bits per heavy atom. The second kappa shape index (κ2) is 8.86. The Hall–Kier alpha value is -1.21. The van der Waals surface area contributed by atoms with Gasteiger partial charge in [0, 0.05) is 19.6 Å². The lowest BCUT2D eigenvalue weighted by Crippen LogP contribution is -2.33. The van der Waals surface area contributed by atoms with E-state index in [-0.39, 0.29) is 5.91 Å². The van der Waals surface area contributed by atoms with E-state index in [1.54, 1.807) is 0 Å². The third kappa shape index (κ3) is 5.42. The third-order valence-corrected chi connectivity index (χ3v) is 3.71. The molecule has 6 nitrogen and oxygen atoms in total. The highest BCUT2D eigenvalue weighted by Gasteiger charge is 2.18. The number of carbonyl (C=O) groups is 1. The van der Waals surface area contributed by atoms with E-state index in [2.05, 4.69) is 27.3 Å². The highest BCUT2D eigenvalue weighted by molar-refractivity contribution is 7.17. The number of hydrogen-bond acceptors (Lipinski definition) is 6. The fourth-order valence-electron chi connectivity index (χ4n) is 1.73. The Bertz CT molecular complexity index is 407. The van der Waals surface area contributed by atoms with Crippen LogP contribution in [0.3, 0.4) is 0 Å². The van der Waals surface area contributed by atoms with Crippen LogP contribution in [0.15, 0.2) is 0 Å². The molecule has 0 fully saturated rings. The van der Waals surface area contributed by atoms with E-state index in [0.29, 0.717) is 11.6 Å². The van der Waals surface area contributed by atoms with Crippen molar-refractivity contribution in [3.63, 3.8) is 0 Å². The first-order valence-electron chi connectivity index (χ1n) is 7.09. The minimum Gasteiger partial charge on any atom is -0.360 e. The molecule has 0 saturated heterocycles. The molecule has 0 aliphatic heterocycles. The van der Waals surface area contributed by atoms with Crippen LogP contribution in [0.4, 0.5) is 5.13 Å². The molecule has 114 valence electrons. The molecule has 1 aromatic heterocycles. The number of hydrogen-bond donors (Lipinski definition) is 1. The van der Waals surface area contributed by atoms with Crippen LogP contribution in [0.1, 0.15) is 36.5 Å². The second-order valence-electron chi connectivity index (χ2n) is 4.88. The zero-order valence-corrected chi connectivity index (χ0v) is 13.7. The first-order valence-corrected chi connectivity index (χ1v) is 7.91. The molecule has 1 N–H and O–H groups in total. The van der Waals surface area contributed by atoms with E-state index in [0.717, 1.165) is 37.6 Å². The highest BCUT2D eigenvalue weighted by atomic mass is 32.1. The topological polar surface area (TPSA) is 61.4 Å². The first kappa shape index (κ1) is 16.8. The Morgan fingerprint density at radius 3 is 2.60 bits per heavy atom. The predicted octanol–water partition coefficient (Wildman–Crippen LogP) is 1.77. The van der Waals surface area contributed by atoms with Gasteiger partial charge in [0.15, 0.2) is 0 Å². The monoisotopic (exact) mass is 299 g/mol. The summed E-state index contributed by atoms with van der Waals surface area (Å²) < 4.78 is 0. The summed E-state index contributed by atoms with van der Waals surface area (Å²) in [4.78, 5) is 16.3. The lowest BCUT2D eigenvalue weighted by atomic mass is 10.3. The summed E-state index contributed by atoms with van der Waals surface area (Å²) in [6.45, 7) is 7.36. The van der Waals surface area contributed by atoms with Crippen LogP contribution in [0.5, 0.6) is 0 Å². The predicted molar refractivity (Wildman–Crippen MR) is 83.4 cm³/mol. The molecule has 1 rings (SSSR count). The van der Waals surface area contributed by atoms with Crippen molar-refractivity contribution < 1.29 is 4.79 Å².